The third-order valence-electron chi connectivity index (χ3n) is 2.91. The molecular weight excluding hydrogens is 264 g/mol. The highest BCUT2D eigenvalue weighted by Gasteiger charge is 2.44. The number of hydrogen-bond donors (Lipinski definition) is 7. The largest absolute Gasteiger partial charge is 0.394 e. The molecule has 0 aliphatic carbocycles. The molecule has 1 rings (SSSR count). The highest BCUT2D eigenvalue weighted by molar-refractivity contribution is 4.89. The third-order valence-corrected chi connectivity index (χ3v) is 2.91. The number of aliphatic hydroxyl groups excluding tert-OH is 7. The van der Waals surface area contributed by atoms with Crippen molar-refractivity contribution in [3.05, 3.63) is 0 Å². The fraction of sp³-hybridized carbons (Fsp3) is 1.00. The quantitative estimate of drug-likeness (QED) is 0.255. The fourth-order valence-corrected chi connectivity index (χ4v) is 1.63. The first-order chi connectivity index (χ1) is 8.92. The Labute approximate surface area is 109 Å². The highest BCUT2D eigenvalue weighted by atomic mass is 16.7. The summed E-state index contributed by atoms with van der Waals surface area (Å²) in [5, 5.41) is 64.5. The maximum atomic E-state index is 9.59. The van der Waals surface area contributed by atoms with Gasteiger partial charge in [0.05, 0.1) is 19.8 Å². The van der Waals surface area contributed by atoms with Crippen molar-refractivity contribution in [1.29, 1.82) is 0 Å². The second kappa shape index (κ2) is 7.43. The first kappa shape index (κ1) is 16.7. The van der Waals surface area contributed by atoms with E-state index < -0.39 is 62.7 Å². The van der Waals surface area contributed by atoms with Gasteiger partial charge in [-0.2, -0.15) is 0 Å². The zero-order chi connectivity index (χ0) is 14.6. The lowest BCUT2D eigenvalue weighted by atomic mass is 9.99. The van der Waals surface area contributed by atoms with Crippen LogP contribution >= 0.6 is 0 Å². The molecule has 0 aromatic heterocycles. The van der Waals surface area contributed by atoms with Crippen molar-refractivity contribution in [3.8, 4) is 0 Å². The number of hydrogen-bond acceptors (Lipinski definition) is 9. The molecule has 0 amide bonds. The van der Waals surface area contributed by atoms with Crippen molar-refractivity contribution >= 4 is 0 Å². The molecular formula is C10H20O9. The molecule has 9 nitrogen and oxygen atoms in total. The maximum absolute atomic E-state index is 9.59. The minimum absolute atomic E-state index is 0.468. The van der Waals surface area contributed by atoms with Gasteiger partial charge in [-0.05, 0) is 0 Å². The molecule has 0 radical (unpaired) electrons. The Bertz CT molecular complexity index is 261. The zero-order valence-electron chi connectivity index (χ0n) is 10.1. The van der Waals surface area contributed by atoms with E-state index in [0.717, 1.165) is 0 Å². The second-order valence-corrected chi connectivity index (χ2v) is 4.35. The maximum Gasteiger partial charge on any atom is 0.186 e. The molecule has 1 heterocycles. The fourth-order valence-electron chi connectivity index (χ4n) is 1.63. The molecule has 0 spiro atoms. The SMILES string of the molecule is OC[C@@H](O)[C@@H](O)CO[C@@H]1O[C@H](CO)[C@@H](O)[C@H](O)[C@H]1O. The van der Waals surface area contributed by atoms with Gasteiger partial charge in [0.25, 0.3) is 0 Å². The van der Waals surface area contributed by atoms with Gasteiger partial charge in [-0.15, -0.1) is 0 Å². The van der Waals surface area contributed by atoms with Crippen LogP contribution in [0.1, 0.15) is 0 Å². The molecule has 0 bridgehead atoms. The molecule has 0 aromatic rings. The summed E-state index contributed by atoms with van der Waals surface area (Å²) in [4.78, 5) is 0. The molecule has 1 fully saturated rings. The zero-order valence-corrected chi connectivity index (χ0v) is 10.1. The molecule has 114 valence electrons. The topological polar surface area (TPSA) is 160 Å². The van der Waals surface area contributed by atoms with Crippen molar-refractivity contribution in [2.45, 2.75) is 42.9 Å². The molecule has 1 aliphatic rings. The molecule has 1 saturated heterocycles. The molecule has 0 aromatic carbocycles. The van der Waals surface area contributed by atoms with Gasteiger partial charge in [0.1, 0.15) is 36.6 Å². The van der Waals surface area contributed by atoms with Crippen LogP contribution < -0.4 is 0 Å². The van der Waals surface area contributed by atoms with Crippen molar-refractivity contribution in [1.82, 2.24) is 0 Å². The minimum Gasteiger partial charge on any atom is -0.394 e. The predicted octanol–water partition coefficient (Wildman–Crippen LogP) is -4.48. The van der Waals surface area contributed by atoms with E-state index in [-0.39, 0.29) is 0 Å². The summed E-state index contributed by atoms with van der Waals surface area (Å²) in [5.41, 5.74) is 0. The van der Waals surface area contributed by atoms with E-state index in [4.69, 9.17) is 24.8 Å². The monoisotopic (exact) mass is 284 g/mol. The van der Waals surface area contributed by atoms with Crippen LogP contribution in [0.5, 0.6) is 0 Å². The van der Waals surface area contributed by atoms with Crippen LogP contribution in [0.4, 0.5) is 0 Å². The average Bonchev–Trinajstić information content (AvgIpc) is 2.42. The van der Waals surface area contributed by atoms with Crippen molar-refractivity contribution < 1.29 is 45.2 Å². The molecule has 19 heavy (non-hydrogen) atoms. The number of ether oxygens (including phenoxy) is 2. The average molecular weight is 284 g/mol. The van der Waals surface area contributed by atoms with Crippen molar-refractivity contribution in [2.75, 3.05) is 19.8 Å². The van der Waals surface area contributed by atoms with Gasteiger partial charge in [-0.1, -0.05) is 0 Å². The summed E-state index contributed by atoms with van der Waals surface area (Å²) >= 11 is 0. The second-order valence-electron chi connectivity index (χ2n) is 4.35. The molecule has 9 heteroatoms. The minimum atomic E-state index is -1.57. The Morgan fingerprint density at radius 2 is 1.58 bits per heavy atom. The van der Waals surface area contributed by atoms with Gasteiger partial charge < -0.3 is 45.2 Å². The van der Waals surface area contributed by atoms with E-state index >= 15 is 0 Å². The Morgan fingerprint density at radius 3 is 2.11 bits per heavy atom. The van der Waals surface area contributed by atoms with Gasteiger partial charge in [0.15, 0.2) is 6.29 Å². The van der Waals surface area contributed by atoms with Gasteiger partial charge >= 0.3 is 0 Å². The van der Waals surface area contributed by atoms with Crippen molar-refractivity contribution in [2.24, 2.45) is 0 Å². The third kappa shape index (κ3) is 4.05. The summed E-state index contributed by atoms with van der Waals surface area (Å²) in [6, 6.07) is 0. The Kier molecular flexibility index (Phi) is 6.53. The van der Waals surface area contributed by atoms with Gasteiger partial charge in [0.2, 0.25) is 0 Å². The Morgan fingerprint density at radius 1 is 0.947 bits per heavy atom. The lowest BCUT2D eigenvalue weighted by molar-refractivity contribution is -0.306. The van der Waals surface area contributed by atoms with Crippen LogP contribution in [0.15, 0.2) is 0 Å². The first-order valence-corrected chi connectivity index (χ1v) is 5.81. The highest BCUT2D eigenvalue weighted by Crippen LogP contribution is 2.22. The van der Waals surface area contributed by atoms with E-state index in [1.165, 1.54) is 0 Å². The van der Waals surface area contributed by atoms with Crippen molar-refractivity contribution in [3.63, 3.8) is 0 Å². The normalized spacial score (nSPS) is 39.0. The standard InChI is InChI=1S/C10H20O9/c11-1-4(13)5(14)3-18-10-9(17)8(16)7(15)6(2-12)19-10/h4-17H,1-3H2/t4-,5+,6-,7-,8+,9-,10-/m1/s1. The van der Waals surface area contributed by atoms with Crippen LogP contribution in [0.2, 0.25) is 0 Å². The smallest absolute Gasteiger partial charge is 0.186 e. The van der Waals surface area contributed by atoms with E-state index in [0.29, 0.717) is 0 Å². The summed E-state index contributed by atoms with van der Waals surface area (Å²) in [5.74, 6) is 0. The Balaban J connectivity index is 2.52. The van der Waals surface area contributed by atoms with Gasteiger partial charge in [-0.3, -0.25) is 0 Å². The summed E-state index contributed by atoms with van der Waals surface area (Å²) in [7, 11) is 0. The van der Waals surface area contributed by atoms with E-state index in [9.17, 15) is 20.4 Å². The predicted molar refractivity (Wildman–Crippen MR) is 58.8 cm³/mol. The summed E-state index contributed by atoms with van der Waals surface area (Å²) in [6.07, 6.45) is -9.94. The van der Waals surface area contributed by atoms with Crippen LogP contribution in [-0.2, 0) is 9.47 Å². The van der Waals surface area contributed by atoms with E-state index in [1.807, 2.05) is 0 Å². The van der Waals surface area contributed by atoms with E-state index in [2.05, 4.69) is 0 Å². The number of rotatable bonds is 6. The van der Waals surface area contributed by atoms with Gasteiger partial charge in [0, 0.05) is 0 Å². The summed E-state index contributed by atoms with van der Waals surface area (Å²) < 4.78 is 9.96. The lowest BCUT2D eigenvalue weighted by Crippen LogP contribution is -2.59. The molecule has 0 unspecified atom stereocenters. The van der Waals surface area contributed by atoms with E-state index in [1.54, 1.807) is 0 Å². The lowest BCUT2D eigenvalue weighted by Gasteiger charge is -2.39. The molecule has 7 N–H and O–H groups in total. The van der Waals surface area contributed by atoms with Crippen LogP contribution in [0.3, 0.4) is 0 Å². The number of aliphatic hydroxyl groups is 7. The first-order valence-electron chi connectivity index (χ1n) is 5.81. The Hall–Kier alpha value is -0.360. The van der Waals surface area contributed by atoms with Gasteiger partial charge in [-0.25, -0.2) is 0 Å². The molecule has 0 saturated carbocycles. The van der Waals surface area contributed by atoms with Crippen LogP contribution in [0.25, 0.3) is 0 Å². The van der Waals surface area contributed by atoms with Crippen LogP contribution in [0, 0.1) is 0 Å². The van der Waals surface area contributed by atoms with Crippen LogP contribution in [-0.4, -0.2) is 98.5 Å². The molecule has 7 atom stereocenters. The molecule has 1 aliphatic heterocycles. The summed E-state index contributed by atoms with van der Waals surface area (Å²) in [6.45, 7) is -1.73.